The Bertz CT molecular complexity index is 820. The minimum atomic E-state index is -1.43. The van der Waals surface area contributed by atoms with Crippen LogP contribution in [0.15, 0.2) is 12.1 Å². The quantitative estimate of drug-likeness (QED) is 0.288. The molecule has 3 fully saturated rings. The first kappa shape index (κ1) is 28.9. The SMILES string of the molecule is CCCC1CCC(CCC2CCC(c3ccc(CCC4OCC(F)(CCC)CO4)c(F)c3F)CC2)CC1. The molecule has 0 amide bonds. The summed E-state index contributed by atoms with van der Waals surface area (Å²) in [5.74, 6) is 1.32. The fourth-order valence-corrected chi connectivity index (χ4v) is 7.17. The number of hydrogen-bond donors (Lipinski definition) is 0. The lowest BCUT2D eigenvalue weighted by molar-refractivity contribution is -0.236. The summed E-state index contributed by atoms with van der Waals surface area (Å²) < 4.78 is 55.6. The van der Waals surface area contributed by atoms with Crippen molar-refractivity contribution < 1.29 is 22.6 Å². The molecule has 1 saturated heterocycles. The molecule has 1 aromatic rings. The zero-order valence-corrected chi connectivity index (χ0v) is 23.2. The maximum atomic E-state index is 15.1. The maximum absolute atomic E-state index is 15.1. The Morgan fingerprint density at radius 2 is 1.30 bits per heavy atom. The number of rotatable bonds is 11. The minimum Gasteiger partial charge on any atom is -0.349 e. The number of benzene rings is 1. The standard InChI is InChI=1S/C32H49F3O2/c1-3-5-23-6-8-24(9-7-23)10-11-25-12-14-26(15-13-25)28-18-16-27(30(33)31(28)34)17-19-29-36-21-32(35,20-4-2)22-37-29/h16,18,23-26,29H,3-15,17,19-22H2,1-2H3. The van der Waals surface area contributed by atoms with Crippen molar-refractivity contribution in [2.75, 3.05) is 13.2 Å². The summed E-state index contributed by atoms with van der Waals surface area (Å²) in [5, 5.41) is 0. The summed E-state index contributed by atoms with van der Waals surface area (Å²) in [6.45, 7) is 4.24. The van der Waals surface area contributed by atoms with Gasteiger partial charge in [0.1, 0.15) is 0 Å². The molecule has 0 N–H and O–H groups in total. The van der Waals surface area contributed by atoms with Crippen molar-refractivity contribution in [2.24, 2.45) is 17.8 Å². The van der Waals surface area contributed by atoms with Crippen LogP contribution in [0.25, 0.3) is 0 Å². The van der Waals surface area contributed by atoms with Crippen LogP contribution in [-0.2, 0) is 15.9 Å². The third-order valence-electron chi connectivity index (χ3n) is 9.53. The Labute approximate surface area is 223 Å². The lowest BCUT2D eigenvalue weighted by Crippen LogP contribution is -2.44. The van der Waals surface area contributed by atoms with E-state index < -0.39 is 23.6 Å². The highest BCUT2D eigenvalue weighted by Crippen LogP contribution is 2.41. The predicted molar refractivity (Wildman–Crippen MR) is 143 cm³/mol. The summed E-state index contributed by atoms with van der Waals surface area (Å²) in [5.41, 5.74) is -0.542. The van der Waals surface area contributed by atoms with E-state index in [4.69, 9.17) is 9.47 Å². The Hall–Kier alpha value is -1.07. The van der Waals surface area contributed by atoms with Crippen LogP contribution >= 0.6 is 0 Å². The van der Waals surface area contributed by atoms with Gasteiger partial charge in [-0.1, -0.05) is 83.8 Å². The Balaban J connectivity index is 1.19. The number of halogens is 3. The van der Waals surface area contributed by atoms with Crippen LogP contribution in [0.3, 0.4) is 0 Å². The highest BCUT2D eigenvalue weighted by atomic mass is 19.2. The normalized spacial score (nSPS) is 32.9. The molecular formula is C32H49F3O2. The van der Waals surface area contributed by atoms with Crippen molar-refractivity contribution in [3.63, 3.8) is 0 Å². The van der Waals surface area contributed by atoms with Gasteiger partial charge in [0.25, 0.3) is 0 Å². The second kappa shape index (κ2) is 13.8. The minimum absolute atomic E-state index is 0.00401. The molecule has 210 valence electrons. The lowest BCUT2D eigenvalue weighted by atomic mass is 9.74. The van der Waals surface area contributed by atoms with Crippen LogP contribution < -0.4 is 0 Å². The molecule has 0 radical (unpaired) electrons. The monoisotopic (exact) mass is 522 g/mol. The van der Waals surface area contributed by atoms with Crippen LogP contribution in [0, 0.1) is 29.4 Å². The number of alkyl halides is 1. The van der Waals surface area contributed by atoms with Gasteiger partial charge < -0.3 is 9.47 Å². The van der Waals surface area contributed by atoms with Crippen molar-refractivity contribution in [2.45, 2.75) is 134 Å². The van der Waals surface area contributed by atoms with E-state index in [0.717, 1.165) is 49.9 Å². The van der Waals surface area contributed by atoms with Gasteiger partial charge in [-0.2, -0.15) is 0 Å². The molecule has 2 nitrogen and oxygen atoms in total. The molecule has 3 aliphatic rings. The van der Waals surface area contributed by atoms with Gasteiger partial charge in [0, 0.05) is 6.42 Å². The highest BCUT2D eigenvalue weighted by Gasteiger charge is 2.36. The first-order valence-electron chi connectivity index (χ1n) is 15.3. The molecule has 2 aliphatic carbocycles. The predicted octanol–water partition coefficient (Wildman–Crippen LogP) is 9.44. The lowest BCUT2D eigenvalue weighted by Gasteiger charge is -2.34. The van der Waals surface area contributed by atoms with Gasteiger partial charge in [-0.15, -0.1) is 0 Å². The van der Waals surface area contributed by atoms with Gasteiger partial charge in [0.05, 0.1) is 13.2 Å². The van der Waals surface area contributed by atoms with Crippen molar-refractivity contribution in [3.8, 4) is 0 Å². The topological polar surface area (TPSA) is 18.5 Å². The molecule has 1 heterocycles. The van der Waals surface area contributed by atoms with Gasteiger partial charge in [0.15, 0.2) is 23.6 Å². The summed E-state index contributed by atoms with van der Waals surface area (Å²) in [6.07, 6.45) is 16.5. The van der Waals surface area contributed by atoms with E-state index in [-0.39, 0.29) is 19.1 Å². The number of aryl methyl sites for hydroxylation is 1. The molecule has 0 aromatic heterocycles. The molecule has 5 heteroatoms. The molecule has 37 heavy (non-hydrogen) atoms. The average molecular weight is 523 g/mol. The molecule has 1 aliphatic heterocycles. The second-order valence-electron chi connectivity index (χ2n) is 12.4. The highest BCUT2D eigenvalue weighted by molar-refractivity contribution is 5.29. The van der Waals surface area contributed by atoms with Crippen molar-refractivity contribution >= 4 is 0 Å². The summed E-state index contributed by atoms with van der Waals surface area (Å²) in [4.78, 5) is 0. The third-order valence-corrected chi connectivity index (χ3v) is 9.53. The first-order chi connectivity index (χ1) is 17.9. The molecule has 0 spiro atoms. The van der Waals surface area contributed by atoms with E-state index in [1.807, 2.05) is 6.92 Å². The molecular weight excluding hydrogens is 473 g/mol. The van der Waals surface area contributed by atoms with Crippen LogP contribution in [0.2, 0.25) is 0 Å². The second-order valence-corrected chi connectivity index (χ2v) is 12.4. The van der Waals surface area contributed by atoms with E-state index in [9.17, 15) is 8.78 Å². The fraction of sp³-hybridized carbons (Fsp3) is 0.812. The molecule has 0 bridgehead atoms. The van der Waals surface area contributed by atoms with Crippen LogP contribution in [-0.4, -0.2) is 25.2 Å². The van der Waals surface area contributed by atoms with Gasteiger partial charge in [-0.05, 0) is 73.3 Å². The van der Waals surface area contributed by atoms with Crippen molar-refractivity contribution in [3.05, 3.63) is 34.9 Å². The van der Waals surface area contributed by atoms with Crippen molar-refractivity contribution in [1.29, 1.82) is 0 Å². The smallest absolute Gasteiger partial charge is 0.162 e. The van der Waals surface area contributed by atoms with Gasteiger partial charge >= 0.3 is 0 Å². The molecule has 0 unspecified atom stereocenters. The molecule has 1 aromatic carbocycles. The molecule has 0 atom stereocenters. The zero-order chi connectivity index (χ0) is 26.3. The summed E-state index contributed by atoms with van der Waals surface area (Å²) in [7, 11) is 0. The van der Waals surface area contributed by atoms with Gasteiger partial charge in [-0.3, -0.25) is 0 Å². The van der Waals surface area contributed by atoms with E-state index in [1.54, 1.807) is 12.1 Å². The Morgan fingerprint density at radius 3 is 1.86 bits per heavy atom. The van der Waals surface area contributed by atoms with Gasteiger partial charge in [-0.25, -0.2) is 13.2 Å². The van der Waals surface area contributed by atoms with E-state index in [0.29, 0.717) is 30.4 Å². The maximum Gasteiger partial charge on any atom is 0.162 e. The van der Waals surface area contributed by atoms with Crippen LogP contribution in [0.4, 0.5) is 13.2 Å². The third kappa shape index (κ3) is 7.97. The largest absolute Gasteiger partial charge is 0.349 e. The van der Waals surface area contributed by atoms with Crippen molar-refractivity contribution in [1.82, 2.24) is 0 Å². The molecule has 2 saturated carbocycles. The summed E-state index contributed by atoms with van der Waals surface area (Å²) >= 11 is 0. The van der Waals surface area contributed by atoms with Crippen LogP contribution in [0.1, 0.15) is 127 Å². The Morgan fingerprint density at radius 1 is 0.730 bits per heavy atom. The summed E-state index contributed by atoms with van der Waals surface area (Å²) in [6, 6.07) is 3.53. The van der Waals surface area contributed by atoms with Crippen LogP contribution in [0.5, 0.6) is 0 Å². The van der Waals surface area contributed by atoms with E-state index in [2.05, 4.69) is 6.92 Å². The van der Waals surface area contributed by atoms with E-state index >= 15 is 4.39 Å². The number of ether oxygens (including phenoxy) is 2. The first-order valence-corrected chi connectivity index (χ1v) is 15.3. The molecule has 4 rings (SSSR count). The average Bonchev–Trinajstić information content (AvgIpc) is 2.91. The Kier molecular flexibility index (Phi) is 10.8. The zero-order valence-electron chi connectivity index (χ0n) is 23.2. The van der Waals surface area contributed by atoms with E-state index in [1.165, 1.54) is 51.4 Å². The van der Waals surface area contributed by atoms with Gasteiger partial charge in [0.2, 0.25) is 0 Å². The fourth-order valence-electron chi connectivity index (χ4n) is 7.17. The number of hydrogen-bond acceptors (Lipinski definition) is 2.